The molecule has 1 aliphatic carbocycles. The molecule has 4 N–H and O–H groups in total. The Hall–Kier alpha value is -6.06. The van der Waals surface area contributed by atoms with E-state index in [1.165, 1.54) is 10.6 Å². The fraction of sp³-hybridized carbons (Fsp3) is 0.185. The number of H-pyrrole nitrogens is 1. The number of amides is 2. The average Bonchev–Trinajstić information content (AvgIpc) is 3.78. The van der Waals surface area contributed by atoms with Crippen LogP contribution in [0.4, 0.5) is 0 Å². The lowest BCUT2D eigenvalue weighted by molar-refractivity contribution is 0.0931. The third-order valence-corrected chi connectivity index (χ3v) is 7.37. The van der Waals surface area contributed by atoms with Crippen LogP contribution in [0.5, 0.6) is 5.88 Å². The maximum Gasteiger partial charge on any atom is 0.439 e. The summed E-state index contributed by atoms with van der Waals surface area (Å²) in [6, 6.07) is 11.5. The fourth-order valence-electron chi connectivity index (χ4n) is 5.20. The first-order valence-corrected chi connectivity index (χ1v) is 13.1. The Morgan fingerprint density at radius 1 is 1.14 bits per heavy atom. The van der Waals surface area contributed by atoms with Crippen LogP contribution in [0.2, 0.25) is 0 Å². The number of nitrogens with one attached hydrogen (secondary N) is 3. The lowest BCUT2D eigenvalue weighted by Gasteiger charge is -2.15. The number of aromatic nitrogens is 7. The van der Waals surface area contributed by atoms with Gasteiger partial charge < -0.3 is 20.2 Å². The van der Waals surface area contributed by atoms with Crippen LogP contribution in [0.3, 0.4) is 0 Å². The summed E-state index contributed by atoms with van der Waals surface area (Å²) in [5.74, 6) is -2.54. The zero-order valence-electron chi connectivity index (χ0n) is 22.3. The fourth-order valence-corrected chi connectivity index (χ4v) is 5.20. The van der Waals surface area contributed by atoms with E-state index in [9.17, 15) is 24.3 Å². The molecular weight excluding hydrogens is 562 g/mol. The number of benzene rings is 2. The van der Waals surface area contributed by atoms with Crippen molar-refractivity contribution >= 4 is 28.6 Å². The van der Waals surface area contributed by atoms with Gasteiger partial charge >= 0.3 is 11.5 Å². The number of nitrogens with zero attached hydrogens (tertiary/aromatic N) is 6. The smallest absolute Gasteiger partial charge is 0.439 e. The topological polar surface area (TPSA) is 216 Å². The minimum Gasteiger partial charge on any atom is -0.489 e. The molecule has 1 aliphatic rings. The summed E-state index contributed by atoms with van der Waals surface area (Å²) in [6.45, 7) is 0.0866. The molecule has 4 aromatic heterocycles. The van der Waals surface area contributed by atoms with Gasteiger partial charge in [0, 0.05) is 25.2 Å². The average molecular weight is 584 g/mol. The standard InChI is InChI=1S/C27H21N9O7/c1-35-18-8-12(2-7-20(18)42-27(35)41)11-28-24(38)19-10-17(29-22-25(39)32-34-36(19)22)23(37)30-16-6-4-13-9-14(3-5-15(13)16)21-31-26(40)43-33-21/h2-3,5,7-10,16,39H,4,6,11H2,1H3,(H,28,38)(H,30,37)(H,31,33,40)/t16-/m0/s1. The van der Waals surface area contributed by atoms with Crippen molar-refractivity contribution < 1.29 is 23.6 Å². The van der Waals surface area contributed by atoms with E-state index in [1.807, 2.05) is 12.1 Å². The van der Waals surface area contributed by atoms with Gasteiger partial charge in [-0.05, 0) is 47.7 Å². The van der Waals surface area contributed by atoms with Gasteiger partial charge in [0.25, 0.3) is 17.7 Å². The number of rotatable bonds is 6. The quantitative estimate of drug-likeness (QED) is 0.217. The number of carbonyl (C=O) groups excluding carboxylic acids is 2. The highest BCUT2D eigenvalue weighted by Gasteiger charge is 2.27. The summed E-state index contributed by atoms with van der Waals surface area (Å²) in [7, 11) is 1.58. The molecule has 7 rings (SSSR count). The van der Waals surface area contributed by atoms with Crippen LogP contribution in [0.1, 0.15) is 50.1 Å². The van der Waals surface area contributed by atoms with Gasteiger partial charge in [-0.2, -0.15) is 4.52 Å². The molecule has 6 aromatic rings. The largest absolute Gasteiger partial charge is 0.489 e. The molecular formula is C27H21N9O7. The summed E-state index contributed by atoms with van der Waals surface area (Å²) in [5.41, 5.74) is 3.88. The molecule has 216 valence electrons. The Morgan fingerprint density at radius 3 is 2.81 bits per heavy atom. The second-order valence-electron chi connectivity index (χ2n) is 10.0. The van der Waals surface area contributed by atoms with Crippen LogP contribution < -0.4 is 22.1 Å². The zero-order valence-corrected chi connectivity index (χ0v) is 22.3. The van der Waals surface area contributed by atoms with Crippen molar-refractivity contribution in [2.45, 2.75) is 25.4 Å². The molecule has 2 amide bonds. The van der Waals surface area contributed by atoms with Crippen molar-refractivity contribution in [3.05, 3.63) is 91.6 Å². The van der Waals surface area contributed by atoms with Gasteiger partial charge in [-0.1, -0.05) is 33.7 Å². The second kappa shape index (κ2) is 9.79. The van der Waals surface area contributed by atoms with E-state index in [0.29, 0.717) is 40.9 Å². The Labute approximate surface area is 238 Å². The molecule has 16 heteroatoms. The van der Waals surface area contributed by atoms with Crippen LogP contribution in [0, 0.1) is 0 Å². The van der Waals surface area contributed by atoms with Gasteiger partial charge in [-0.3, -0.25) is 23.7 Å². The van der Waals surface area contributed by atoms with Crippen molar-refractivity contribution in [2.24, 2.45) is 7.05 Å². The zero-order chi connectivity index (χ0) is 29.8. The first kappa shape index (κ1) is 25.9. The van der Waals surface area contributed by atoms with Crippen LogP contribution >= 0.6 is 0 Å². The van der Waals surface area contributed by atoms with Gasteiger partial charge in [-0.25, -0.2) is 14.6 Å². The number of carbonyl (C=O) groups is 2. The summed E-state index contributed by atoms with van der Waals surface area (Å²) in [5, 5.41) is 27.0. The predicted octanol–water partition coefficient (Wildman–Crippen LogP) is 0.965. The molecule has 0 aliphatic heterocycles. The van der Waals surface area contributed by atoms with E-state index in [0.717, 1.165) is 15.6 Å². The summed E-state index contributed by atoms with van der Waals surface area (Å²) >= 11 is 0. The van der Waals surface area contributed by atoms with Gasteiger partial charge in [-0.15, -0.1) is 0 Å². The lowest BCUT2D eigenvalue weighted by atomic mass is 10.0. The minimum absolute atomic E-state index is 0.0715. The number of aromatic amines is 1. The van der Waals surface area contributed by atoms with Crippen molar-refractivity contribution in [1.82, 2.24) is 45.2 Å². The SMILES string of the molecule is Cn1c(=O)oc2ccc(CNC(=O)c3cc(C(=O)N[C@H]4CCc5cc(-c6noc(=O)[nH]6)ccc54)nc4c(O)nnn34)cc21. The first-order chi connectivity index (χ1) is 20.7. The van der Waals surface area contributed by atoms with E-state index in [4.69, 9.17) is 4.42 Å². The minimum atomic E-state index is -0.651. The molecule has 2 aromatic carbocycles. The van der Waals surface area contributed by atoms with Crippen LogP contribution in [0.25, 0.3) is 28.1 Å². The van der Waals surface area contributed by atoms with Crippen molar-refractivity contribution in [1.29, 1.82) is 0 Å². The molecule has 0 unspecified atom stereocenters. The molecule has 16 nitrogen and oxygen atoms in total. The highest BCUT2D eigenvalue weighted by molar-refractivity contribution is 5.98. The van der Waals surface area contributed by atoms with Gasteiger partial charge in [0.1, 0.15) is 11.4 Å². The normalized spacial score (nSPS) is 14.3. The predicted molar refractivity (Wildman–Crippen MR) is 146 cm³/mol. The maximum absolute atomic E-state index is 13.4. The van der Waals surface area contributed by atoms with Crippen molar-refractivity contribution in [3.63, 3.8) is 0 Å². The summed E-state index contributed by atoms with van der Waals surface area (Å²) in [6.07, 6.45) is 1.28. The number of fused-ring (bicyclic) bond motifs is 3. The molecule has 0 fully saturated rings. The Morgan fingerprint density at radius 2 is 2.00 bits per heavy atom. The van der Waals surface area contributed by atoms with Crippen LogP contribution in [-0.4, -0.2) is 51.4 Å². The van der Waals surface area contributed by atoms with Crippen molar-refractivity contribution in [2.75, 3.05) is 0 Å². The maximum atomic E-state index is 13.4. The number of oxazole rings is 1. The highest BCUT2D eigenvalue weighted by atomic mass is 16.5. The third-order valence-electron chi connectivity index (χ3n) is 7.37. The van der Waals surface area contributed by atoms with Gasteiger partial charge in [0.2, 0.25) is 5.65 Å². The van der Waals surface area contributed by atoms with E-state index in [-0.39, 0.29) is 29.6 Å². The molecule has 0 saturated heterocycles. The summed E-state index contributed by atoms with van der Waals surface area (Å²) < 4.78 is 12.1. The Balaban J connectivity index is 1.12. The van der Waals surface area contributed by atoms with Gasteiger partial charge in [0.15, 0.2) is 11.4 Å². The van der Waals surface area contributed by atoms with Crippen LogP contribution in [-0.2, 0) is 20.0 Å². The number of hydrogen-bond acceptors (Lipinski definition) is 11. The molecule has 0 bridgehead atoms. The first-order valence-electron chi connectivity index (χ1n) is 13.1. The molecule has 0 spiro atoms. The monoisotopic (exact) mass is 583 g/mol. The lowest BCUT2D eigenvalue weighted by Crippen LogP contribution is -2.30. The molecule has 43 heavy (non-hydrogen) atoms. The molecule has 4 heterocycles. The Kier molecular flexibility index (Phi) is 5.89. The summed E-state index contributed by atoms with van der Waals surface area (Å²) in [4.78, 5) is 56.4. The van der Waals surface area contributed by atoms with Crippen LogP contribution in [0.15, 0.2) is 61.0 Å². The molecule has 0 radical (unpaired) electrons. The number of hydrogen-bond donors (Lipinski definition) is 4. The van der Waals surface area contributed by atoms with E-state index in [2.05, 4.69) is 40.6 Å². The number of aromatic hydroxyl groups is 1. The second-order valence-corrected chi connectivity index (χ2v) is 10.0. The Bertz CT molecular complexity index is 2200. The van der Waals surface area contributed by atoms with Gasteiger partial charge in [0.05, 0.1) is 11.6 Å². The molecule has 0 saturated carbocycles. The highest BCUT2D eigenvalue weighted by Crippen LogP contribution is 2.33. The van der Waals surface area contributed by atoms with E-state index < -0.39 is 29.2 Å². The number of aryl methyl sites for hydroxylation is 2. The third kappa shape index (κ3) is 4.50. The van der Waals surface area contributed by atoms with Crippen molar-refractivity contribution in [3.8, 4) is 17.3 Å². The van der Waals surface area contributed by atoms with E-state index >= 15 is 0 Å². The van der Waals surface area contributed by atoms with E-state index in [1.54, 1.807) is 31.3 Å². The molecule has 1 atom stereocenters.